The first-order valence-electron chi connectivity index (χ1n) is 20.3. The Labute approximate surface area is 329 Å². The minimum Gasteiger partial charge on any atom is -0.327 e. The van der Waals surface area contributed by atoms with Crippen molar-refractivity contribution >= 4 is 66.3 Å². The van der Waals surface area contributed by atoms with E-state index in [0.29, 0.717) is 13.1 Å². The molecule has 8 heteroatoms. The zero-order valence-corrected chi connectivity index (χ0v) is 35.9. The summed E-state index contributed by atoms with van der Waals surface area (Å²) in [6.45, 7) is 5.96. The average Bonchev–Trinajstić information content (AvgIpc) is 3.87. The average molecular weight is 853 g/mol. The van der Waals surface area contributed by atoms with Crippen LogP contribution in [0.25, 0.3) is 0 Å². The monoisotopic (exact) mass is 850 g/mol. The molecule has 0 saturated heterocycles. The highest BCUT2D eigenvalue weighted by atomic mass is 79.9. The van der Waals surface area contributed by atoms with Crippen molar-refractivity contribution in [3.05, 3.63) is 52.7 Å². The van der Waals surface area contributed by atoms with E-state index >= 15 is 0 Å². The van der Waals surface area contributed by atoms with Gasteiger partial charge < -0.3 is 9.80 Å². The summed E-state index contributed by atoms with van der Waals surface area (Å²) in [5.74, 6) is 0.135. The zero-order valence-electron chi connectivity index (χ0n) is 31.1. The Balaban J connectivity index is 1.31. The molecule has 4 nitrogen and oxygen atoms in total. The van der Waals surface area contributed by atoms with Gasteiger partial charge in [-0.2, -0.15) is 0 Å². The summed E-state index contributed by atoms with van der Waals surface area (Å²) in [7, 11) is 0. The van der Waals surface area contributed by atoms with Crippen LogP contribution in [-0.4, -0.2) is 34.7 Å². The maximum Gasteiger partial charge on any atom is 0.253 e. The first-order valence-corrected chi connectivity index (χ1v) is 23.6. The van der Waals surface area contributed by atoms with E-state index in [9.17, 15) is 9.59 Å². The number of halogens is 2. The Morgan fingerprint density at radius 2 is 0.740 bits per heavy atom. The Bertz CT molecular complexity index is 1220. The molecule has 2 atom stereocenters. The second kappa shape index (κ2) is 23.7. The van der Waals surface area contributed by atoms with Crippen molar-refractivity contribution in [3.8, 4) is 0 Å². The minimum atomic E-state index is -0.285. The van der Waals surface area contributed by atoms with Gasteiger partial charge in [0.15, 0.2) is 0 Å². The van der Waals surface area contributed by atoms with Crippen molar-refractivity contribution in [1.82, 2.24) is 9.80 Å². The molecule has 0 aliphatic carbocycles. The molecule has 50 heavy (non-hydrogen) atoms. The third-order valence-electron chi connectivity index (χ3n) is 10.7. The number of carbonyl (C=O) groups excluding carboxylic acids is 2. The predicted molar refractivity (Wildman–Crippen MR) is 222 cm³/mol. The van der Waals surface area contributed by atoms with E-state index in [1.807, 2.05) is 9.80 Å². The molecular weight excluding hydrogens is 788 g/mol. The summed E-state index contributed by atoms with van der Waals surface area (Å²) in [5.41, 5.74) is 1.47. The molecule has 4 heterocycles. The van der Waals surface area contributed by atoms with Gasteiger partial charge in [0, 0.05) is 22.8 Å². The summed E-state index contributed by atoms with van der Waals surface area (Å²) in [5, 5.41) is 0. The molecular formula is C42H64Br2N2O2S2. The molecule has 0 fully saturated rings. The molecule has 0 spiro atoms. The third kappa shape index (κ3) is 12.6. The van der Waals surface area contributed by atoms with E-state index in [1.165, 1.54) is 128 Å². The van der Waals surface area contributed by atoms with Crippen molar-refractivity contribution < 1.29 is 9.59 Å². The summed E-state index contributed by atoms with van der Waals surface area (Å²) >= 11 is 10.6. The van der Waals surface area contributed by atoms with Crippen molar-refractivity contribution in [1.29, 1.82) is 0 Å². The predicted octanol–water partition coefficient (Wildman–Crippen LogP) is 14.5. The van der Waals surface area contributed by atoms with Crippen LogP contribution in [0.3, 0.4) is 0 Å². The van der Waals surface area contributed by atoms with E-state index < -0.39 is 0 Å². The van der Waals surface area contributed by atoms with E-state index in [-0.39, 0.29) is 23.9 Å². The fourth-order valence-electron chi connectivity index (χ4n) is 7.86. The number of hydrogen-bond donors (Lipinski definition) is 0. The van der Waals surface area contributed by atoms with E-state index in [4.69, 9.17) is 0 Å². The fourth-order valence-corrected chi connectivity index (χ4v) is 11.0. The lowest BCUT2D eigenvalue weighted by atomic mass is 10.0. The van der Waals surface area contributed by atoms with Gasteiger partial charge in [-0.3, -0.25) is 9.59 Å². The largest absolute Gasteiger partial charge is 0.327 e. The van der Waals surface area contributed by atoms with Crippen LogP contribution >= 0.6 is 54.5 Å². The van der Waals surface area contributed by atoms with Gasteiger partial charge in [-0.1, -0.05) is 155 Å². The minimum absolute atomic E-state index is 0.0673. The van der Waals surface area contributed by atoms with Gasteiger partial charge in [-0.25, -0.2) is 0 Å². The molecule has 2 aliphatic heterocycles. The van der Waals surface area contributed by atoms with Gasteiger partial charge in [0.25, 0.3) is 11.8 Å². The highest BCUT2D eigenvalue weighted by molar-refractivity contribution is 9.11. The molecule has 0 N–H and O–H groups in total. The van der Waals surface area contributed by atoms with Crippen LogP contribution in [0.15, 0.2) is 43.0 Å². The van der Waals surface area contributed by atoms with Gasteiger partial charge in [0.2, 0.25) is 0 Å². The molecule has 0 saturated carbocycles. The van der Waals surface area contributed by atoms with Crippen LogP contribution in [0, 0.1) is 0 Å². The summed E-state index contributed by atoms with van der Waals surface area (Å²) in [4.78, 5) is 35.1. The SMILES string of the molecule is CCCCCCCCCCCCCCN1C(=O)C2=C(C(=O)N(CCCCCCCCCCCCCC)C2c2ccc(Br)s2)C1c1ccc(Br)s1. The molecule has 2 aromatic heterocycles. The molecule has 0 bridgehead atoms. The Morgan fingerprint density at radius 1 is 0.460 bits per heavy atom. The molecule has 0 aromatic carbocycles. The van der Waals surface area contributed by atoms with Gasteiger partial charge >= 0.3 is 0 Å². The van der Waals surface area contributed by atoms with Crippen LogP contribution in [-0.2, 0) is 9.59 Å². The second-order valence-corrected chi connectivity index (χ2v) is 19.7. The highest BCUT2D eigenvalue weighted by Gasteiger charge is 2.54. The molecule has 0 radical (unpaired) electrons. The Hall–Kier alpha value is -0.960. The van der Waals surface area contributed by atoms with Crippen molar-refractivity contribution in [2.75, 3.05) is 13.1 Å². The number of nitrogens with zero attached hydrogens (tertiary/aromatic N) is 2. The van der Waals surface area contributed by atoms with Gasteiger partial charge in [0.1, 0.15) is 0 Å². The zero-order chi connectivity index (χ0) is 35.6. The van der Waals surface area contributed by atoms with Crippen LogP contribution in [0.2, 0.25) is 0 Å². The smallest absolute Gasteiger partial charge is 0.253 e. The third-order valence-corrected chi connectivity index (χ3v) is 14.0. The van der Waals surface area contributed by atoms with Gasteiger partial charge in [-0.15, -0.1) is 22.7 Å². The summed E-state index contributed by atoms with van der Waals surface area (Å²) in [6, 6.07) is 7.76. The lowest BCUT2D eigenvalue weighted by Crippen LogP contribution is -2.40. The highest BCUT2D eigenvalue weighted by Crippen LogP contribution is 2.52. The topological polar surface area (TPSA) is 40.6 Å². The Kier molecular flexibility index (Phi) is 19.8. The van der Waals surface area contributed by atoms with Crippen LogP contribution < -0.4 is 0 Å². The summed E-state index contributed by atoms with van der Waals surface area (Å²) in [6.07, 6.45) is 31.0. The van der Waals surface area contributed by atoms with Gasteiger partial charge in [0.05, 0.1) is 30.8 Å². The molecule has 280 valence electrons. The number of unbranched alkanes of at least 4 members (excludes halogenated alkanes) is 22. The number of rotatable bonds is 28. The quantitative estimate of drug-likeness (QED) is 0.0800. The Morgan fingerprint density at radius 3 is 1.00 bits per heavy atom. The van der Waals surface area contributed by atoms with Gasteiger partial charge in [-0.05, 0) is 69.0 Å². The second-order valence-electron chi connectivity index (χ2n) is 14.7. The standard InChI is InChI=1S/C42H64Br2N2O2S2/c1-3-5-7-9-11-13-15-17-19-21-23-25-31-45-39(33-27-29-35(43)49-33)37-38(41(45)47)40(34-28-30-36(44)50-34)46(42(37)48)32-26-24-22-20-18-16-14-12-10-8-6-4-2/h27-30,39-40H,3-26,31-32H2,1-2H3. The fraction of sp³-hybridized carbons (Fsp3) is 0.714. The number of carbonyl (C=O) groups is 2. The van der Waals surface area contributed by atoms with E-state index in [2.05, 4.69) is 70.0 Å². The molecule has 2 amide bonds. The first kappa shape index (κ1) is 41.8. The molecule has 4 rings (SSSR count). The number of thiophene rings is 2. The van der Waals surface area contributed by atoms with Crippen LogP contribution in [0.1, 0.15) is 190 Å². The molecule has 2 unspecified atom stereocenters. The lowest BCUT2D eigenvalue weighted by molar-refractivity contribution is -0.131. The maximum absolute atomic E-state index is 14.4. The van der Waals surface area contributed by atoms with E-state index in [0.717, 1.165) is 54.2 Å². The van der Waals surface area contributed by atoms with Crippen molar-refractivity contribution in [2.45, 2.75) is 180 Å². The number of amides is 2. The molecule has 2 aliphatic rings. The van der Waals surface area contributed by atoms with Crippen LogP contribution in [0.4, 0.5) is 0 Å². The van der Waals surface area contributed by atoms with Crippen molar-refractivity contribution in [3.63, 3.8) is 0 Å². The summed E-state index contributed by atoms with van der Waals surface area (Å²) < 4.78 is 2.08. The maximum atomic E-state index is 14.4. The first-order chi connectivity index (χ1) is 24.5. The van der Waals surface area contributed by atoms with Crippen molar-refractivity contribution in [2.24, 2.45) is 0 Å². The molecule has 2 aromatic rings. The van der Waals surface area contributed by atoms with Crippen LogP contribution in [0.5, 0.6) is 0 Å². The van der Waals surface area contributed by atoms with E-state index in [1.54, 1.807) is 22.7 Å². The normalized spacial score (nSPS) is 17.6. The lowest BCUT2D eigenvalue weighted by Gasteiger charge is -2.32. The number of hydrogen-bond acceptors (Lipinski definition) is 4.